The molecule has 1 aromatic carbocycles. The topological polar surface area (TPSA) is 46.9 Å². The van der Waals surface area contributed by atoms with Crippen molar-refractivity contribution in [2.45, 2.75) is 19.9 Å². The van der Waals surface area contributed by atoms with E-state index >= 15 is 0 Å². The molecule has 0 spiro atoms. The first-order chi connectivity index (χ1) is 10.5. The first kappa shape index (κ1) is 15.8. The summed E-state index contributed by atoms with van der Waals surface area (Å²) in [6.07, 6.45) is 2.53. The number of nitrogens with zero attached hydrogens (tertiary/aromatic N) is 2. The van der Waals surface area contributed by atoms with Gasteiger partial charge < -0.3 is 9.88 Å². The third-order valence-corrected chi connectivity index (χ3v) is 3.44. The second-order valence-corrected chi connectivity index (χ2v) is 5.20. The predicted molar refractivity (Wildman–Crippen MR) is 89.2 cm³/mol. The number of nitrogens with one attached hydrogen (secondary N) is 1. The van der Waals surface area contributed by atoms with Gasteiger partial charge in [0.15, 0.2) is 0 Å². The van der Waals surface area contributed by atoms with Crippen LogP contribution in [0.5, 0.6) is 0 Å². The highest BCUT2D eigenvalue weighted by Crippen LogP contribution is 2.25. The highest BCUT2D eigenvalue weighted by molar-refractivity contribution is 5.91. The minimum absolute atomic E-state index is 0.158. The van der Waals surface area contributed by atoms with E-state index in [-0.39, 0.29) is 5.91 Å². The monoisotopic (exact) mass is 295 g/mol. The van der Waals surface area contributed by atoms with Gasteiger partial charge in [-0.2, -0.15) is 0 Å². The number of carbonyl (C=O) groups is 1. The average Bonchev–Trinajstić information content (AvgIpc) is 2.82. The molecule has 1 aromatic heterocycles. The fourth-order valence-electron chi connectivity index (χ4n) is 2.31. The van der Waals surface area contributed by atoms with Crippen molar-refractivity contribution in [1.29, 1.82) is 0 Å². The van der Waals surface area contributed by atoms with Crippen LogP contribution in [0.25, 0.3) is 11.3 Å². The lowest BCUT2D eigenvalue weighted by molar-refractivity contribution is -0.117. The Kier molecular flexibility index (Phi) is 4.94. The Labute approximate surface area is 131 Å². The molecule has 0 unspecified atom stereocenters. The third-order valence-electron chi connectivity index (χ3n) is 3.44. The summed E-state index contributed by atoms with van der Waals surface area (Å²) in [5.41, 5.74) is 3.61. The van der Waals surface area contributed by atoms with E-state index in [4.69, 9.17) is 0 Å². The summed E-state index contributed by atoms with van der Waals surface area (Å²) in [6.45, 7) is 9.49. The van der Waals surface area contributed by atoms with Crippen LogP contribution in [0.4, 0.5) is 0 Å². The number of imidazole rings is 1. The van der Waals surface area contributed by atoms with Gasteiger partial charge in [0.1, 0.15) is 5.82 Å². The van der Waals surface area contributed by atoms with Crippen LogP contribution in [0.2, 0.25) is 0 Å². The van der Waals surface area contributed by atoms with Crippen LogP contribution in [-0.2, 0) is 24.8 Å². The summed E-state index contributed by atoms with van der Waals surface area (Å²) in [7, 11) is 1.96. The maximum absolute atomic E-state index is 11.7. The number of amides is 1. The van der Waals surface area contributed by atoms with Crippen LogP contribution < -0.4 is 5.32 Å². The minimum Gasteiger partial charge on any atom is -0.345 e. The Bertz CT molecular complexity index is 699. The standard InChI is InChI=1S/C18H21N3O/c1-5-9-15-17(14-10-7-6-8-11-14)21(4)16(20-15)12-19-18(22)13(2)3/h5-8,10-11H,1-2,9,12H2,3-4H3,(H,19,22). The Morgan fingerprint density at radius 2 is 2.05 bits per heavy atom. The second kappa shape index (κ2) is 6.89. The van der Waals surface area contributed by atoms with E-state index in [2.05, 4.69) is 35.6 Å². The third kappa shape index (κ3) is 3.34. The quantitative estimate of drug-likeness (QED) is 0.658. The van der Waals surface area contributed by atoms with Gasteiger partial charge >= 0.3 is 0 Å². The zero-order chi connectivity index (χ0) is 16.1. The van der Waals surface area contributed by atoms with E-state index in [1.54, 1.807) is 6.92 Å². The number of allylic oxidation sites excluding steroid dienone is 1. The van der Waals surface area contributed by atoms with Gasteiger partial charge in [-0.05, 0) is 6.92 Å². The molecule has 0 atom stereocenters. The molecule has 1 N–H and O–H groups in total. The van der Waals surface area contributed by atoms with Gasteiger partial charge in [-0.1, -0.05) is 43.0 Å². The molecule has 114 valence electrons. The maximum atomic E-state index is 11.7. The Morgan fingerprint density at radius 1 is 1.36 bits per heavy atom. The summed E-state index contributed by atoms with van der Waals surface area (Å²) < 4.78 is 2.02. The molecule has 1 amide bonds. The largest absolute Gasteiger partial charge is 0.345 e. The van der Waals surface area contributed by atoms with Crippen molar-refractivity contribution in [3.8, 4) is 11.3 Å². The Morgan fingerprint density at radius 3 is 2.64 bits per heavy atom. The SMILES string of the molecule is C=CCc1nc(CNC(=O)C(=C)C)n(C)c1-c1ccccc1. The van der Waals surface area contributed by atoms with E-state index in [1.165, 1.54) is 0 Å². The molecule has 0 aliphatic heterocycles. The predicted octanol–water partition coefficient (Wildman–Crippen LogP) is 3.01. The van der Waals surface area contributed by atoms with Gasteiger partial charge in [-0.15, -0.1) is 6.58 Å². The summed E-state index contributed by atoms with van der Waals surface area (Å²) in [4.78, 5) is 16.3. The molecule has 0 saturated carbocycles. The van der Waals surface area contributed by atoms with E-state index in [1.807, 2.05) is 35.9 Å². The molecule has 22 heavy (non-hydrogen) atoms. The molecular formula is C18H21N3O. The van der Waals surface area contributed by atoms with Gasteiger partial charge in [0, 0.05) is 24.6 Å². The number of rotatable bonds is 6. The number of aromatic nitrogens is 2. The maximum Gasteiger partial charge on any atom is 0.246 e. The van der Waals surface area contributed by atoms with Gasteiger partial charge in [-0.3, -0.25) is 4.79 Å². The van der Waals surface area contributed by atoms with Crippen molar-refractivity contribution in [3.05, 3.63) is 66.7 Å². The fraction of sp³-hybridized carbons (Fsp3) is 0.222. The summed E-state index contributed by atoms with van der Waals surface area (Å²) in [6, 6.07) is 10.1. The molecule has 0 aliphatic carbocycles. The lowest BCUT2D eigenvalue weighted by Gasteiger charge is -2.08. The second-order valence-electron chi connectivity index (χ2n) is 5.20. The van der Waals surface area contributed by atoms with E-state index in [0.717, 1.165) is 22.8 Å². The smallest absolute Gasteiger partial charge is 0.246 e. The molecule has 0 bridgehead atoms. The van der Waals surface area contributed by atoms with Crippen molar-refractivity contribution in [2.24, 2.45) is 7.05 Å². The van der Waals surface area contributed by atoms with Crippen LogP contribution in [0.1, 0.15) is 18.4 Å². The van der Waals surface area contributed by atoms with Crippen molar-refractivity contribution >= 4 is 5.91 Å². The van der Waals surface area contributed by atoms with Gasteiger partial charge in [0.05, 0.1) is 17.9 Å². The van der Waals surface area contributed by atoms with Gasteiger partial charge in [0.2, 0.25) is 5.91 Å². The molecular weight excluding hydrogens is 274 g/mol. The Balaban J connectivity index is 2.35. The molecule has 2 aromatic rings. The lowest BCUT2D eigenvalue weighted by atomic mass is 10.1. The van der Waals surface area contributed by atoms with E-state index in [9.17, 15) is 4.79 Å². The lowest BCUT2D eigenvalue weighted by Crippen LogP contribution is -2.24. The Hall–Kier alpha value is -2.62. The molecule has 0 radical (unpaired) electrons. The molecule has 4 heteroatoms. The number of benzene rings is 1. The number of hydrogen-bond donors (Lipinski definition) is 1. The minimum atomic E-state index is -0.158. The average molecular weight is 295 g/mol. The highest BCUT2D eigenvalue weighted by Gasteiger charge is 2.15. The normalized spacial score (nSPS) is 10.3. The molecule has 0 aliphatic rings. The first-order valence-corrected chi connectivity index (χ1v) is 7.19. The summed E-state index contributed by atoms with van der Waals surface area (Å²) in [5, 5.41) is 2.83. The van der Waals surface area contributed by atoms with Crippen LogP contribution >= 0.6 is 0 Å². The highest BCUT2D eigenvalue weighted by atomic mass is 16.1. The summed E-state index contributed by atoms with van der Waals surface area (Å²) >= 11 is 0. The van der Waals surface area contributed by atoms with E-state index < -0.39 is 0 Å². The zero-order valence-corrected chi connectivity index (χ0v) is 13.1. The first-order valence-electron chi connectivity index (χ1n) is 7.19. The molecule has 4 nitrogen and oxygen atoms in total. The molecule has 0 fully saturated rings. The number of hydrogen-bond acceptors (Lipinski definition) is 2. The summed E-state index contributed by atoms with van der Waals surface area (Å²) in [5.74, 6) is 0.653. The van der Waals surface area contributed by atoms with Crippen molar-refractivity contribution in [1.82, 2.24) is 14.9 Å². The van der Waals surface area contributed by atoms with Crippen LogP contribution in [0.15, 0.2) is 55.1 Å². The van der Waals surface area contributed by atoms with E-state index in [0.29, 0.717) is 18.5 Å². The molecule has 0 saturated heterocycles. The van der Waals surface area contributed by atoms with Crippen molar-refractivity contribution in [2.75, 3.05) is 0 Å². The zero-order valence-electron chi connectivity index (χ0n) is 13.1. The van der Waals surface area contributed by atoms with Crippen molar-refractivity contribution in [3.63, 3.8) is 0 Å². The van der Waals surface area contributed by atoms with Gasteiger partial charge in [-0.25, -0.2) is 4.98 Å². The van der Waals surface area contributed by atoms with Crippen LogP contribution in [0.3, 0.4) is 0 Å². The number of carbonyl (C=O) groups excluding carboxylic acids is 1. The fourth-order valence-corrected chi connectivity index (χ4v) is 2.31. The molecule has 1 heterocycles. The van der Waals surface area contributed by atoms with Crippen molar-refractivity contribution < 1.29 is 4.79 Å². The molecule has 2 rings (SSSR count). The van der Waals surface area contributed by atoms with Crippen LogP contribution in [0, 0.1) is 0 Å². The van der Waals surface area contributed by atoms with Gasteiger partial charge in [0.25, 0.3) is 0 Å². The van der Waals surface area contributed by atoms with Crippen LogP contribution in [-0.4, -0.2) is 15.5 Å².